The first-order chi connectivity index (χ1) is 8.99. The third kappa shape index (κ3) is 4.56. The van der Waals surface area contributed by atoms with Crippen molar-refractivity contribution in [3.05, 3.63) is 33.8 Å². The van der Waals surface area contributed by atoms with Crippen LogP contribution in [0.3, 0.4) is 0 Å². The number of amidine groups is 1. The van der Waals surface area contributed by atoms with E-state index in [1.54, 1.807) is 0 Å². The topological polar surface area (TPSA) is 61.8 Å². The number of hydrogen-bond acceptors (Lipinski definition) is 3. The lowest BCUT2D eigenvalue weighted by molar-refractivity contribution is 0.258. The molecule has 6 heteroatoms. The van der Waals surface area contributed by atoms with Crippen LogP contribution in [-0.4, -0.2) is 29.0 Å². The van der Waals surface area contributed by atoms with Gasteiger partial charge in [0.2, 0.25) is 0 Å². The minimum Gasteiger partial charge on any atom is -0.409 e. The van der Waals surface area contributed by atoms with Crippen molar-refractivity contribution in [2.24, 2.45) is 16.8 Å². The summed E-state index contributed by atoms with van der Waals surface area (Å²) >= 11 is 12.3. The molecule has 3 N–H and O–H groups in total. The van der Waals surface area contributed by atoms with E-state index < -0.39 is 0 Å². The zero-order valence-electron chi connectivity index (χ0n) is 11.1. The maximum absolute atomic E-state index is 8.67. The number of oxime groups is 1. The molecular formula is C13H19Cl2N3O. The molecule has 0 saturated heterocycles. The maximum Gasteiger partial charge on any atom is 0.143 e. The zero-order chi connectivity index (χ0) is 14.4. The Morgan fingerprint density at radius 3 is 2.47 bits per heavy atom. The summed E-state index contributed by atoms with van der Waals surface area (Å²) in [5.41, 5.74) is 6.50. The molecule has 0 bridgehead atoms. The van der Waals surface area contributed by atoms with E-state index in [1.165, 1.54) is 0 Å². The third-order valence-electron chi connectivity index (χ3n) is 3.04. The largest absolute Gasteiger partial charge is 0.409 e. The summed E-state index contributed by atoms with van der Waals surface area (Å²) in [5, 5.41) is 13.0. The Labute approximate surface area is 123 Å². The smallest absolute Gasteiger partial charge is 0.143 e. The summed E-state index contributed by atoms with van der Waals surface area (Å²) in [6.07, 6.45) is 0. The van der Waals surface area contributed by atoms with Crippen LogP contribution in [0.1, 0.15) is 19.4 Å². The van der Waals surface area contributed by atoms with Crippen molar-refractivity contribution in [2.75, 3.05) is 13.1 Å². The standard InChI is InChI=1S/C13H19Cl2N3O/c1-3-18(7-9(2)13(16)17-19)8-10-11(14)5-4-6-12(10)15/h4-6,9,19H,3,7-8H2,1-2H3,(H2,16,17). The first-order valence-corrected chi connectivity index (χ1v) is 6.87. The van der Waals surface area contributed by atoms with Gasteiger partial charge in [-0.25, -0.2) is 0 Å². The molecule has 0 radical (unpaired) electrons. The van der Waals surface area contributed by atoms with Gasteiger partial charge in [0.15, 0.2) is 0 Å². The molecule has 1 unspecified atom stereocenters. The van der Waals surface area contributed by atoms with Crippen molar-refractivity contribution in [1.29, 1.82) is 0 Å². The molecule has 106 valence electrons. The Morgan fingerprint density at radius 1 is 1.42 bits per heavy atom. The molecule has 19 heavy (non-hydrogen) atoms. The van der Waals surface area contributed by atoms with Gasteiger partial charge >= 0.3 is 0 Å². The molecule has 0 aliphatic carbocycles. The van der Waals surface area contributed by atoms with Crippen LogP contribution in [0.2, 0.25) is 10.0 Å². The van der Waals surface area contributed by atoms with Crippen molar-refractivity contribution in [1.82, 2.24) is 4.90 Å². The highest BCUT2D eigenvalue weighted by Crippen LogP contribution is 2.25. The molecule has 0 saturated carbocycles. The van der Waals surface area contributed by atoms with Crippen LogP contribution in [0, 0.1) is 5.92 Å². The van der Waals surface area contributed by atoms with Gasteiger partial charge < -0.3 is 10.9 Å². The lowest BCUT2D eigenvalue weighted by atomic mass is 10.1. The number of nitrogens with zero attached hydrogens (tertiary/aromatic N) is 2. The summed E-state index contributed by atoms with van der Waals surface area (Å²) in [7, 11) is 0. The van der Waals surface area contributed by atoms with Crippen molar-refractivity contribution < 1.29 is 5.21 Å². The first kappa shape index (κ1) is 16.1. The average molecular weight is 304 g/mol. The van der Waals surface area contributed by atoms with Crippen LogP contribution in [0.5, 0.6) is 0 Å². The molecule has 0 aliphatic heterocycles. The highest BCUT2D eigenvalue weighted by Gasteiger charge is 2.15. The molecule has 4 nitrogen and oxygen atoms in total. The van der Waals surface area contributed by atoms with E-state index >= 15 is 0 Å². The second-order valence-corrected chi connectivity index (χ2v) is 5.27. The molecule has 0 heterocycles. The van der Waals surface area contributed by atoms with E-state index in [4.69, 9.17) is 34.1 Å². The Bertz CT molecular complexity index is 431. The lowest BCUT2D eigenvalue weighted by Crippen LogP contribution is -2.34. The zero-order valence-corrected chi connectivity index (χ0v) is 12.6. The number of nitrogens with two attached hydrogens (primary N) is 1. The van der Waals surface area contributed by atoms with Crippen LogP contribution in [-0.2, 0) is 6.54 Å². The Balaban J connectivity index is 2.77. The van der Waals surface area contributed by atoms with E-state index in [0.29, 0.717) is 23.1 Å². The highest BCUT2D eigenvalue weighted by molar-refractivity contribution is 6.35. The Kier molecular flexibility index (Phi) is 6.42. The molecular weight excluding hydrogens is 285 g/mol. The van der Waals surface area contributed by atoms with Gasteiger partial charge in [0.25, 0.3) is 0 Å². The summed E-state index contributed by atoms with van der Waals surface area (Å²) in [6, 6.07) is 5.47. The minimum absolute atomic E-state index is 0.0359. The average Bonchev–Trinajstić information content (AvgIpc) is 2.40. The monoisotopic (exact) mass is 303 g/mol. The predicted molar refractivity (Wildman–Crippen MR) is 80.0 cm³/mol. The SMILES string of the molecule is CCN(Cc1c(Cl)cccc1Cl)CC(C)/C(N)=N/O. The summed E-state index contributed by atoms with van der Waals surface area (Å²) in [4.78, 5) is 2.15. The molecule has 0 spiro atoms. The normalized spacial score (nSPS) is 13.8. The van der Waals surface area contributed by atoms with Crippen LogP contribution in [0.15, 0.2) is 23.4 Å². The number of hydrogen-bond donors (Lipinski definition) is 2. The van der Waals surface area contributed by atoms with Gasteiger partial charge in [0.1, 0.15) is 5.84 Å². The molecule has 1 atom stereocenters. The van der Waals surface area contributed by atoms with Crippen molar-refractivity contribution in [2.45, 2.75) is 20.4 Å². The fourth-order valence-corrected chi connectivity index (χ4v) is 2.31. The number of rotatable bonds is 6. The summed E-state index contributed by atoms with van der Waals surface area (Å²) in [5.74, 6) is 0.190. The highest BCUT2D eigenvalue weighted by atomic mass is 35.5. The molecule has 1 aromatic rings. The predicted octanol–water partition coefficient (Wildman–Crippen LogP) is 3.20. The van der Waals surface area contributed by atoms with Crippen LogP contribution >= 0.6 is 23.2 Å². The summed E-state index contributed by atoms with van der Waals surface area (Å²) < 4.78 is 0. The molecule has 0 aromatic heterocycles. The summed E-state index contributed by atoms with van der Waals surface area (Å²) in [6.45, 7) is 6.09. The van der Waals surface area contributed by atoms with E-state index in [-0.39, 0.29) is 11.8 Å². The molecule has 1 rings (SSSR count). The molecule has 0 aliphatic rings. The van der Waals surface area contributed by atoms with Gasteiger partial charge in [-0.15, -0.1) is 0 Å². The number of benzene rings is 1. The van der Waals surface area contributed by atoms with Gasteiger partial charge in [0.05, 0.1) is 0 Å². The van der Waals surface area contributed by atoms with Gasteiger partial charge in [-0.1, -0.05) is 48.3 Å². The fourth-order valence-electron chi connectivity index (χ4n) is 1.79. The van der Waals surface area contributed by atoms with E-state index in [0.717, 1.165) is 12.1 Å². The molecule has 1 aromatic carbocycles. The van der Waals surface area contributed by atoms with Crippen LogP contribution < -0.4 is 5.73 Å². The van der Waals surface area contributed by atoms with E-state index in [2.05, 4.69) is 10.1 Å². The molecule has 0 amide bonds. The van der Waals surface area contributed by atoms with Crippen LogP contribution in [0.25, 0.3) is 0 Å². The second kappa shape index (κ2) is 7.58. The van der Waals surface area contributed by atoms with Crippen molar-refractivity contribution in [3.8, 4) is 0 Å². The van der Waals surface area contributed by atoms with Gasteiger partial charge in [-0.3, -0.25) is 4.90 Å². The fraction of sp³-hybridized carbons (Fsp3) is 0.462. The van der Waals surface area contributed by atoms with Crippen molar-refractivity contribution in [3.63, 3.8) is 0 Å². The molecule has 0 fully saturated rings. The quantitative estimate of drug-likeness (QED) is 0.367. The lowest BCUT2D eigenvalue weighted by Gasteiger charge is -2.24. The minimum atomic E-state index is -0.0359. The number of halogens is 2. The second-order valence-electron chi connectivity index (χ2n) is 4.45. The van der Waals surface area contributed by atoms with E-state index in [1.807, 2.05) is 32.0 Å². The van der Waals surface area contributed by atoms with E-state index in [9.17, 15) is 0 Å². The van der Waals surface area contributed by atoms with Gasteiger partial charge in [0, 0.05) is 34.6 Å². The van der Waals surface area contributed by atoms with Crippen LogP contribution in [0.4, 0.5) is 0 Å². The van der Waals surface area contributed by atoms with Gasteiger partial charge in [-0.05, 0) is 18.7 Å². The first-order valence-electron chi connectivity index (χ1n) is 6.12. The maximum atomic E-state index is 8.67. The third-order valence-corrected chi connectivity index (χ3v) is 3.75. The Hall–Kier alpha value is -0.970. The Morgan fingerprint density at radius 2 is 2.00 bits per heavy atom. The van der Waals surface area contributed by atoms with Gasteiger partial charge in [-0.2, -0.15) is 0 Å². The van der Waals surface area contributed by atoms with Crippen molar-refractivity contribution >= 4 is 29.0 Å².